The van der Waals surface area contributed by atoms with Crippen LogP contribution in [0.1, 0.15) is 36.8 Å². The van der Waals surface area contributed by atoms with Crippen LogP contribution in [0, 0.1) is 6.92 Å². The molecule has 0 aromatic heterocycles. The highest BCUT2D eigenvalue weighted by atomic mass is 16.5. The van der Waals surface area contributed by atoms with Crippen molar-refractivity contribution in [1.82, 2.24) is 9.80 Å². The van der Waals surface area contributed by atoms with Crippen LogP contribution in [0.3, 0.4) is 0 Å². The van der Waals surface area contributed by atoms with Gasteiger partial charge in [0.05, 0.1) is 26.0 Å². The van der Waals surface area contributed by atoms with Crippen molar-refractivity contribution in [2.24, 2.45) is 0 Å². The Morgan fingerprint density at radius 2 is 1.64 bits per heavy atom. The van der Waals surface area contributed by atoms with Crippen LogP contribution in [0.25, 0.3) is 0 Å². The highest BCUT2D eigenvalue weighted by Gasteiger charge is 2.42. The van der Waals surface area contributed by atoms with Crippen LogP contribution in [0.15, 0.2) is 54.6 Å². The minimum absolute atomic E-state index is 0.0525. The summed E-state index contributed by atoms with van der Waals surface area (Å²) < 4.78 is 12.3. The van der Waals surface area contributed by atoms with Crippen molar-refractivity contribution in [3.05, 3.63) is 65.7 Å². The molecule has 2 aliphatic rings. The Labute approximate surface area is 196 Å². The Kier molecular flexibility index (Phi) is 7.65. The number of para-hydroxylation sites is 1. The number of aryl methyl sites for hydroxylation is 1. The predicted molar refractivity (Wildman–Crippen MR) is 127 cm³/mol. The van der Waals surface area contributed by atoms with Crippen LogP contribution in [0.2, 0.25) is 0 Å². The molecule has 1 atom stereocenters. The summed E-state index contributed by atoms with van der Waals surface area (Å²) in [4.78, 5) is 30.1. The van der Waals surface area contributed by atoms with Gasteiger partial charge in [-0.3, -0.25) is 9.59 Å². The van der Waals surface area contributed by atoms with Crippen LogP contribution in [-0.4, -0.2) is 66.6 Å². The fourth-order valence-electron chi connectivity index (χ4n) is 4.56. The van der Waals surface area contributed by atoms with Crippen LogP contribution in [0.5, 0.6) is 5.75 Å². The van der Waals surface area contributed by atoms with Gasteiger partial charge in [-0.15, -0.1) is 0 Å². The molecule has 2 amide bonds. The van der Waals surface area contributed by atoms with Gasteiger partial charge >= 0.3 is 0 Å². The van der Waals surface area contributed by atoms with Crippen molar-refractivity contribution in [1.29, 1.82) is 0 Å². The quantitative estimate of drug-likeness (QED) is 0.647. The van der Waals surface area contributed by atoms with Gasteiger partial charge in [-0.2, -0.15) is 0 Å². The summed E-state index contributed by atoms with van der Waals surface area (Å²) in [6.07, 6.45) is 3.82. The molecule has 6 nitrogen and oxygen atoms in total. The van der Waals surface area contributed by atoms with E-state index in [2.05, 4.69) is 0 Å². The van der Waals surface area contributed by atoms with Crippen molar-refractivity contribution >= 4 is 11.8 Å². The largest absolute Gasteiger partial charge is 0.490 e. The van der Waals surface area contributed by atoms with E-state index < -0.39 is 5.60 Å². The first-order chi connectivity index (χ1) is 16.0. The smallest absolute Gasteiger partial charge is 0.227 e. The summed E-state index contributed by atoms with van der Waals surface area (Å²) in [5.74, 6) is 0.866. The van der Waals surface area contributed by atoms with E-state index in [4.69, 9.17) is 9.47 Å². The maximum atomic E-state index is 13.2. The maximum absolute atomic E-state index is 13.2. The zero-order chi connectivity index (χ0) is 23.1. The number of rotatable bonds is 7. The maximum Gasteiger partial charge on any atom is 0.227 e. The van der Waals surface area contributed by atoms with E-state index in [0.717, 1.165) is 37.2 Å². The SMILES string of the molecule is Cc1ccc(CC(=O)N2CCOC(COc3ccccc3)(CC(=O)N3CCCCC3)C2)cc1. The second-order valence-electron chi connectivity index (χ2n) is 9.23. The van der Waals surface area contributed by atoms with Gasteiger partial charge in [0.2, 0.25) is 11.8 Å². The average Bonchev–Trinajstić information content (AvgIpc) is 2.85. The molecule has 176 valence electrons. The normalized spacial score (nSPS) is 21.0. The number of benzene rings is 2. The number of hydrogen-bond acceptors (Lipinski definition) is 4. The Hall–Kier alpha value is -2.86. The number of likely N-dealkylation sites (tertiary alicyclic amines) is 1. The minimum atomic E-state index is -0.856. The van der Waals surface area contributed by atoms with E-state index in [1.54, 1.807) is 0 Å². The van der Waals surface area contributed by atoms with Gasteiger partial charge < -0.3 is 19.3 Å². The third-order valence-electron chi connectivity index (χ3n) is 6.50. The van der Waals surface area contributed by atoms with E-state index >= 15 is 0 Å². The van der Waals surface area contributed by atoms with Crippen molar-refractivity contribution in [3.8, 4) is 5.75 Å². The highest BCUT2D eigenvalue weighted by molar-refractivity contribution is 5.80. The van der Waals surface area contributed by atoms with Gasteiger partial charge in [-0.05, 0) is 43.9 Å². The van der Waals surface area contributed by atoms with Crippen LogP contribution < -0.4 is 4.74 Å². The molecule has 0 N–H and O–H groups in total. The van der Waals surface area contributed by atoms with Gasteiger partial charge in [0, 0.05) is 19.6 Å². The monoisotopic (exact) mass is 450 g/mol. The molecule has 0 radical (unpaired) electrons. The second-order valence-corrected chi connectivity index (χ2v) is 9.23. The third kappa shape index (κ3) is 6.35. The van der Waals surface area contributed by atoms with Crippen LogP contribution >= 0.6 is 0 Å². The molecule has 1 unspecified atom stereocenters. The third-order valence-corrected chi connectivity index (χ3v) is 6.50. The van der Waals surface area contributed by atoms with Crippen LogP contribution in [0.4, 0.5) is 0 Å². The van der Waals surface area contributed by atoms with Gasteiger partial charge in [0.1, 0.15) is 18.0 Å². The molecule has 33 heavy (non-hydrogen) atoms. The zero-order valence-electron chi connectivity index (χ0n) is 19.5. The number of carbonyl (C=O) groups is 2. The molecular weight excluding hydrogens is 416 g/mol. The Morgan fingerprint density at radius 3 is 2.36 bits per heavy atom. The lowest BCUT2D eigenvalue weighted by Gasteiger charge is -2.43. The number of ether oxygens (including phenoxy) is 2. The lowest BCUT2D eigenvalue weighted by Crippen LogP contribution is -2.58. The fourth-order valence-corrected chi connectivity index (χ4v) is 4.56. The average molecular weight is 451 g/mol. The van der Waals surface area contributed by atoms with E-state index in [0.29, 0.717) is 26.1 Å². The lowest BCUT2D eigenvalue weighted by molar-refractivity contribution is -0.166. The molecule has 4 rings (SSSR count). The number of amides is 2. The fraction of sp³-hybridized carbons (Fsp3) is 0.481. The van der Waals surface area contributed by atoms with Crippen LogP contribution in [-0.2, 0) is 20.7 Å². The minimum Gasteiger partial charge on any atom is -0.490 e. The van der Waals surface area contributed by atoms with E-state index in [1.165, 1.54) is 12.0 Å². The number of piperidine rings is 1. The summed E-state index contributed by atoms with van der Waals surface area (Å²) in [6, 6.07) is 17.6. The molecule has 2 aromatic carbocycles. The Balaban J connectivity index is 1.47. The van der Waals surface area contributed by atoms with E-state index in [-0.39, 0.29) is 24.8 Å². The molecule has 2 aromatic rings. The van der Waals surface area contributed by atoms with Gasteiger partial charge in [-0.1, -0.05) is 48.0 Å². The Bertz CT molecular complexity index is 925. The number of nitrogens with zero attached hydrogens (tertiary/aromatic N) is 2. The topological polar surface area (TPSA) is 59.1 Å². The number of morpholine rings is 1. The molecule has 2 heterocycles. The summed E-state index contributed by atoms with van der Waals surface area (Å²) >= 11 is 0. The summed E-state index contributed by atoms with van der Waals surface area (Å²) in [5, 5.41) is 0. The first-order valence-corrected chi connectivity index (χ1v) is 12.0. The molecule has 6 heteroatoms. The predicted octanol–water partition coefficient (Wildman–Crippen LogP) is 3.62. The van der Waals surface area contributed by atoms with E-state index in [9.17, 15) is 9.59 Å². The van der Waals surface area contributed by atoms with Crippen molar-refractivity contribution in [3.63, 3.8) is 0 Å². The molecule has 0 bridgehead atoms. The zero-order valence-corrected chi connectivity index (χ0v) is 19.5. The standard InChI is InChI=1S/C27H34N2O4/c1-22-10-12-23(13-11-22)18-25(30)29-16-17-33-27(20-29,21-32-24-8-4-2-5-9-24)19-26(31)28-14-6-3-7-15-28/h2,4-5,8-13H,3,6-7,14-21H2,1H3. The number of hydrogen-bond donors (Lipinski definition) is 0. The summed E-state index contributed by atoms with van der Waals surface area (Å²) in [6.45, 7) is 5.12. The van der Waals surface area contributed by atoms with Gasteiger partial charge in [0.15, 0.2) is 0 Å². The molecule has 2 fully saturated rings. The first-order valence-electron chi connectivity index (χ1n) is 12.0. The molecule has 2 saturated heterocycles. The van der Waals surface area contributed by atoms with E-state index in [1.807, 2.05) is 71.3 Å². The molecule has 0 saturated carbocycles. The summed E-state index contributed by atoms with van der Waals surface area (Å²) in [7, 11) is 0. The second kappa shape index (κ2) is 10.8. The lowest BCUT2D eigenvalue weighted by atomic mass is 9.95. The van der Waals surface area contributed by atoms with Gasteiger partial charge in [-0.25, -0.2) is 0 Å². The highest BCUT2D eigenvalue weighted by Crippen LogP contribution is 2.27. The van der Waals surface area contributed by atoms with Crippen molar-refractivity contribution in [2.75, 3.05) is 39.4 Å². The van der Waals surface area contributed by atoms with Crippen molar-refractivity contribution < 1.29 is 19.1 Å². The van der Waals surface area contributed by atoms with Gasteiger partial charge in [0.25, 0.3) is 0 Å². The molecular formula is C27H34N2O4. The molecule has 0 spiro atoms. The Morgan fingerprint density at radius 1 is 0.909 bits per heavy atom. The molecule has 0 aliphatic carbocycles. The molecule has 2 aliphatic heterocycles. The summed E-state index contributed by atoms with van der Waals surface area (Å²) in [5.41, 5.74) is 1.31. The van der Waals surface area contributed by atoms with Crippen molar-refractivity contribution in [2.45, 2.75) is 44.6 Å². The first kappa shape index (κ1) is 23.3. The number of carbonyl (C=O) groups excluding carboxylic acids is 2.